The number of nitrogens with two attached hydrogens (primary N) is 1. The summed E-state index contributed by atoms with van der Waals surface area (Å²) < 4.78 is 12.5. The van der Waals surface area contributed by atoms with Crippen molar-refractivity contribution in [3.05, 3.63) is 66.1 Å². The minimum Gasteiger partial charge on any atom is -0.491 e. The molecule has 0 aliphatic rings. The zero-order valence-corrected chi connectivity index (χ0v) is 18.1. The van der Waals surface area contributed by atoms with Crippen LogP contribution in [0.1, 0.15) is 18.3 Å². The van der Waals surface area contributed by atoms with Crippen molar-refractivity contribution in [2.45, 2.75) is 19.9 Å². The molecule has 0 unspecified atom stereocenters. The molecule has 0 atom stereocenters. The van der Waals surface area contributed by atoms with E-state index in [-0.39, 0.29) is 5.95 Å². The van der Waals surface area contributed by atoms with E-state index in [0.29, 0.717) is 36.8 Å². The molecule has 0 spiro atoms. The molecule has 3 heterocycles. The van der Waals surface area contributed by atoms with Crippen molar-refractivity contribution in [2.75, 3.05) is 26.1 Å². The van der Waals surface area contributed by atoms with Gasteiger partial charge in [-0.05, 0) is 36.8 Å². The second-order valence-corrected chi connectivity index (χ2v) is 7.14. The molecule has 0 aliphatic heterocycles. The van der Waals surface area contributed by atoms with Crippen LogP contribution < -0.4 is 10.5 Å². The van der Waals surface area contributed by atoms with Crippen LogP contribution >= 0.6 is 0 Å². The second kappa shape index (κ2) is 9.97. The number of hydrogen-bond acceptors (Lipinski definition) is 8. The molecule has 32 heavy (non-hydrogen) atoms. The van der Waals surface area contributed by atoms with Crippen molar-refractivity contribution < 1.29 is 9.47 Å². The molecule has 0 amide bonds. The maximum Gasteiger partial charge on any atom is 0.221 e. The Hall–Kier alpha value is -3.85. The molecule has 4 rings (SSSR count). The van der Waals surface area contributed by atoms with Gasteiger partial charge in [0.25, 0.3) is 0 Å². The third-order valence-corrected chi connectivity index (χ3v) is 4.78. The third-order valence-electron chi connectivity index (χ3n) is 4.78. The molecular weight excluding hydrogens is 406 g/mol. The number of nitrogen functional groups attached to an aromatic ring is 1. The maximum atomic E-state index is 6.00. The Balaban J connectivity index is 1.56. The molecule has 3 aromatic heterocycles. The van der Waals surface area contributed by atoms with Gasteiger partial charge in [-0.25, -0.2) is 14.6 Å². The zero-order valence-electron chi connectivity index (χ0n) is 18.1. The minimum atomic E-state index is 0.162. The second-order valence-electron chi connectivity index (χ2n) is 7.14. The fraction of sp³-hybridized carbons (Fsp3) is 0.261. The van der Waals surface area contributed by atoms with Gasteiger partial charge >= 0.3 is 0 Å². The largest absolute Gasteiger partial charge is 0.491 e. The van der Waals surface area contributed by atoms with E-state index in [0.717, 1.165) is 29.1 Å². The Labute approximate surface area is 186 Å². The smallest absolute Gasteiger partial charge is 0.221 e. The predicted octanol–water partition coefficient (Wildman–Crippen LogP) is 3.02. The molecular formula is C23H25N7O2. The monoisotopic (exact) mass is 431 g/mol. The van der Waals surface area contributed by atoms with Gasteiger partial charge in [0.15, 0.2) is 0 Å². The van der Waals surface area contributed by atoms with Crippen molar-refractivity contribution in [3.63, 3.8) is 0 Å². The molecule has 1 aromatic carbocycles. The van der Waals surface area contributed by atoms with E-state index in [9.17, 15) is 0 Å². The number of benzene rings is 1. The lowest BCUT2D eigenvalue weighted by atomic mass is 10.1. The van der Waals surface area contributed by atoms with Crippen LogP contribution in [0.15, 0.2) is 54.7 Å². The first kappa shape index (κ1) is 21.4. The molecule has 9 nitrogen and oxygen atoms in total. The SMILES string of the molecule is CCc1cccc(Cn2cc(-c3cc(-c4cccc(OCCOC)c4)nc(N)n3)nn2)n1. The lowest BCUT2D eigenvalue weighted by Gasteiger charge is -2.08. The first-order valence-corrected chi connectivity index (χ1v) is 10.4. The highest BCUT2D eigenvalue weighted by Crippen LogP contribution is 2.26. The molecule has 0 radical (unpaired) electrons. The Morgan fingerprint density at radius 1 is 0.906 bits per heavy atom. The van der Waals surface area contributed by atoms with Crippen molar-refractivity contribution in [2.24, 2.45) is 0 Å². The summed E-state index contributed by atoms with van der Waals surface area (Å²) in [6.07, 6.45) is 2.72. The summed E-state index contributed by atoms with van der Waals surface area (Å²) in [7, 11) is 1.64. The van der Waals surface area contributed by atoms with Gasteiger partial charge in [-0.15, -0.1) is 5.10 Å². The quantitative estimate of drug-likeness (QED) is 0.402. The van der Waals surface area contributed by atoms with E-state index in [1.165, 1.54) is 0 Å². The number of pyridine rings is 1. The Morgan fingerprint density at radius 2 is 1.72 bits per heavy atom. The number of hydrogen-bond donors (Lipinski definition) is 1. The lowest BCUT2D eigenvalue weighted by molar-refractivity contribution is 0.146. The Bertz CT molecular complexity index is 1190. The van der Waals surface area contributed by atoms with Crippen LogP contribution in [-0.4, -0.2) is 50.3 Å². The van der Waals surface area contributed by atoms with Crippen LogP contribution in [0, 0.1) is 0 Å². The van der Waals surface area contributed by atoms with Gasteiger partial charge in [0.1, 0.15) is 18.1 Å². The first-order valence-electron chi connectivity index (χ1n) is 10.4. The van der Waals surface area contributed by atoms with Crippen molar-refractivity contribution in [3.8, 4) is 28.4 Å². The van der Waals surface area contributed by atoms with E-state index >= 15 is 0 Å². The molecule has 0 bridgehead atoms. The van der Waals surface area contributed by atoms with Crippen LogP contribution in [0.3, 0.4) is 0 Å². The average Bonchev–Trinajstić information content (AvgIpc) is 3.28. The maximum absolute atomic E-state index is 6.00. The highest BCUT2D eigenvalue weighted by atomic mass is 16.5. The summed E-state index contributed by atoms with van der Waals surface area (Å²) in [5.41, 5.74) is 10.7. The fourth-order valence-corrected chi connectivity index (χ4v) is 3.21. The van der Waals surface area contributed by atoms with Gasteiger partial charge in [0.2, 0.25) is 5.95 Å². The lowest BCUT2D eigenvalue weighted by Crippen LogP contribution is -2.04. The summed E-state index contributed by atoms with van der Waals surface area (Å²) in [5.74, 6) is 0.890. The molecule has 2 N–H and O–H groups in total. The number of aryl methyl sites for hydroxylation is 1. The molecule has 164 valence electrons. The Kier molecular flexibility index (Phi) is 6.66. The molecule has 9 heteroatoms. The van der Waals surface area contributed by atoms with Gasteiger partial charge in [-0.1, -0.05) is 30.3 Å². The van der Waals surface area contributed by atoms with Crippen molar-refractivity contribution in [1.29, 1.82) is 0 Å². The summed E-state index contributed by atoms with van der Waals surface area (Å²) in [5, 5.41) is 8.49. The van der Waals surface area contributed by atoms with Crippen LogP contribution in [0.25, 0.3) is 22.6 Å². The number of methoxy groups -OCH3 is 1. The van der Waals surface area contributed by atoms with Crippen molar-refractivity contribution in [1.82, 2.24) is 29.9 Å². The highest BCUT2D eigenvalue weighted by Gasteiger charge is 2.12. The highest BCUT2D eigenvalue weighted by molar-refractivity contribution is 5.68. The zero-order chi connectivity index (χ0) is 22.3. The van der Waals surface area contributed by atoms with Gasteiger partial charge in [-0.2, -0.15) is 0 Å². The standard InChI is InChI=1S/C23H25N7O2/c1-3-17-7-5-8-18(25-17)14-30-15-22(28-29-30)21-13-20(26-23(24)27-21)16-6-4-9-19(12-16)32-11-10-31-2/h4-9,12-13,15H,3,10-11,14H2,1-2H3,(H2,24,26,27). The van der Waals surface area contributed by atoms with Crippen LogP contribution in [0.5, 0.6) is 5.75 Å². The fourth-order valence-electron chi connectivity index (χ4n) is 3.21. The van der Waals surface area contributed by atoms with Gasteiger partial charge in [-0.3, -0.25) is 4.98 Å². The van der Waals surface area contributed by atoms with E-state index in [2.05, 4.69) is 32.2 Å². The van der Waals surface area contributed by atoms with Gasteiger partial charge in [0, 0.05) is 18.4 Å². The van der Waals surface area contributed by atoms with Gasteiger partial charge in [0.05, 0.1) is 36.4 Å². The number of anilines is 1. The summed E-state index contributed by atoms with van der Waals surface area (Å²) in [4.78, 5) is 13.3. The average molecular weight is 432 g/mol. The number of aromatic nitrogens is 6. The normalized spacial score (nSPS) is 10.9. The molecule has 4 aromatic rings. The third kappa shape index (κ3) is 5.25. The van der Waals surface area contributed by atoms with Crippen molar-refractivity contribution >= 4 is 5.95 Å². The predicted molar refractivity (Wildman–Crippen MR) is 121 cm³/mol. The Morgan fingerprint density at radius 3 is 2.56 bits per heavy atom. The van der Waals surface area contributed by atoms with E-state index in [1.807, 2.05) is 54.7 Å². The summed E-state index contributed by atoms with van der Waals surface area (Å²) in [6.45, 7) is 3.59. The van der Waals surface area contributed by atoms with E-state index in [1.54, 1.807) is 11.8 Å². The first-order chi connectivity index (χ1) is 15.6. The molecule has 0 fully saturated rings. The minimum absolute atomic E-state index is 0.162. The van der Waals surface area contributed by atoms with E-state index in [4.69, 9.17) is 15.2 Å². The molecule has 0 aliphatic carbocycles. The number of rotatable bonds is 9. The topological polar surface area (TPSA) is 114 Å². The van der Waals surface area contributed by atoms with Crippen LogP contribution in [-0.2, 0) is 17.7 Å². The molecule has 0 saturated heterocycles. The summed E-state index contributed by atoms with van der Waals surface area (Å²) in [6, 6.07) is 15.5. The van der Waals surface area contributed by atoms with Crippen LogP contribution in [0.2, 0.25) is 0 Å². The summed E-state index contributed by atoms with van der Waals surface area (Å²) >= 11 is 0. The number of ether oxygens (including phenoxy) is 2. The number of nitrogens with zero attached hydrogens (tertiary/aromatic N) is 6. The van der Waals surface area contributed by atoms with Gasteiger partial charge < -0.3 is 15.2 Å². The molecule has 0 saturated carbocycles. The van der Waals surface area contributed by atoms with E-state index < -0.39 is 0 Å². The van der Waals surface area contributed by atoms with Crippen LogP contribution in [0.4, 0.5) is 5.95 Å².